The minimum atomic E-state index is -0.276. The number of fused-ring (bicyclic) bond motifs is 1. The van der Waals surface area contributed by atoms with Gasteiger partial charge in [-0.25, -0.2) is 9.97 Å². The lowest BCUT2D eigenvalue weighted by molar-refractivity contribution is 0.0912. The maximum absolute atomic E-state index is 12.5. The van der Waals surface area contributed by atoms with Crippen LogP contribution in [0.2, 0.25) is 0 Å². The monoisotopic (exact) mass is 371 g/mol. The smallest absolute Gasteiger partial charge is 0.274 e. The molecule has 2 N–H and O–H groups in total. The summed E-state index contributed by atoms with van der Waals surface area (Å²) in [5, 5.41) is 12.1. The molecule has 1 aliphatic heterocycles. The number of amides is 1. The van der Waals surface area contributed by atoms with E-state index in [1.807, 2.05) is 11.3 Å². The van der Waals surface area contributed by atoms with E-state index in [1.54, 1.807) is 12.5 Å². The third-order valence-corrected chi connectivity index (χ3v) is 5.95. The van der Waals surface area contributed by atoms with Gasteiger partial charge in [0.15, 0.2) is 11.3 Å². The summed E-state index contributed by atoms with van der Waals surface area (Å²) in [6.07, 6.45) is 9.24. The van der Waals surface area contributed by atoms with E-state index < -0.39 is 0 Å². The summed E-state index contributed by atoms with van der Waals surface area (Å²) >= 11 is 0. The van der Waals surface area contributed by atoms with Crippen molar-refractivity contribution in [3.8, 4) is 0 Å². The Morgan fingerprint density at radius 1 is 1.30 bits per heavy atom. The molecule has 27 heavy (non-hydrogen) atoms. The molecule has 0 aromatic carbocycles. The molecular formula is C20H29N5O2. The second-order valence-electron chi connectivity index (χ2n) is 7.94. The first-order valence-electron chi connectivity index (χ1n) is 10.2. The summed E-state index contributed by atoms with van der Waals surface area (Å²) in [4.78, 5) is 23.9. The molecule has 7 nitrogen and oxygen atoms in total. The van der Waals surface area contributed by atoms with Crippen LogP contribution in [-0.2, 0) is 0 Å². The average Bonchev–Trinajstić information content (AvgIpc) is 3.40. The van der Waals surface area contributed by atoms with E-state index in [1.165, 1.54) is 25.1 Å². The van der Waals surface area contributed by atoms with Crippen molar-refractivity contribution in [2.75, 3.05) is 26.2 Å². The minimum absolute atomic E-state index is 0.0772. The Hall–Kier alpha value is -1.99. The number of imidazole rings is 1. The molecule has 3 heterocycles. The van der Waals surface area contributed by atoms with Crippen LogP contribution < -0.4 is 5.32 Å². The lowest BCUT2D eigenvalue weighted by Gasteiger charge is -2.32. The third-order valence-electron chi connectivity index (χ3n) is 5.95. The van der Waals surface area contributed by atoms with Crippen molar-refractivity contribution >= 4 is 11.6 Å². The van der Waals surface area contributed by atoms with E-state index in [9.17, 15) is 9.90 Å². The molecule has 146 valence electrons. The molecule has 0 radical (unpaired) electrons. The van der Waals surface area contributed by atoms with Crippen LogP contribution in [0.1, 0.15) is 61.1 Å². The highest BCUT2D eigenvalue weighted by Gasteiger charge is 2.28. The van der Waals surface area contributed by atoms with E-state index >= 15 is 0 Å². The zero-order chi connectivity index (χ0) is 18.8. The summed E-state index contributed by atoms with van der Waals surface area (Å²) in [5.74, 6) is 1.13. The molecule has 0 spiro atoms. The Morgan fingerprint density at radius 3 is 2.74 bits per heavy atom. The van der Waals surface area contributed by atoms with Gasteiger partial charge in [-0.1, -0.05) is 6.92 Å². The average molecular weight is 371 g/mol. The molecule has 2 aliphatic rings. The number of nitrogens with one attached hydrogen (secondary N) is 1. The molecule has 4 rings (SSSR count). The summed E-state index contributed by atoms with van der Waals surface area (Å²) in [7, 11) is 0. The largest absolute Gasteiger partial charge is 0.394 e. The van der Waals surface area contributed by atoms with Gasteiger partial charge in [0.25, 0.3) is 5.91 Å². The van der Waals surface area contributed by atoms with Crippen molar-refractivity contribution in [1.82, 2.24) is 24.6 Å². The van der Waals surface area contributed by atoms with Gasteiger partial charge in [-0.2, -0.15) is 0 Å². The number of carbonyl (C=O) groups is 1. The van der Waals surface area contributed by atoms with Crippen LogP contribution in [-0.4, -0.2) is 62.6 Å². The van der Waals surface area contributed by atoms with Crippen LogP contribution in [0.3, 0.4) is 0 Å². The first kappa shape index (κ1) is 18.4. The zero-order valence-corrected chi connectivity index (χ0v) is 16.0. The molecular weight excluding hydrogens is 342 g/mol. The van der Waals surface area contributed by atoms with Crippen LogP contribution in [0.4, 0.5) is 0 Å². The quantitative estimate of drug-likeness (QED) is 0.776. The second kappa shape index (κ2) is 7.94. The number of carbonyl (C=O) groups excluding carboxylic acids is 1. The van der Waals surface area contributed by atoms with Crippen LogP contribution >= 0.6 is 0 Å². The van der Waals surface area contributed by atoms with Crippen LogP contribution in [0.15, 0.2) is 18.6 Å². The van der Waals surface area contributed by atoms with E-state index in [0.29, 0.717) is 23.7 Å². The Balaban J connectivity index is 1.50. The van der Waals surface area contributed by atoms with E-state index in [0.717, 1.165) is 31.8 Å². The predicted molar refractivity (Wildman–Crippen MR) is 103 cm³/mol. The molecule has 2 aromatic heterocycles. The zero-order valence-electron chi connectivity index (χ0n) is 16.0. The highest BCUT2D eigenvalue weighted by Crippen LogP contribution is 2.33. The lowest BCUT2D eigenvalue weighted by Crippen LogP contribution is -2.37. The van der Waals surface area contributed by atoms with Crippen molar-refractivity contribution in [2.24, 2.45) is 5.92 Å². The molecule has 1 saturated carbocycles. The third kappa shape index (κ3) is 3.99. The first-order valence-corrected chi connectivity index (χ1v) is 10.2. The van der Waals surface area contributed by atoms with Gasteiger partial charge >= 0.3 is 0 Å². The fourth-order valence-electron chi connectivity index (χ4n) is 4.02. The van der Waals surface area contributed by atoms with Crippen molar-refractivity contribution in [3.63, 3.8) is 0 Å². The van der Waals surface area contributed by atoms with Gasteiger partial charge in [0, 0.05) is 24.4 Å². The van der Waals surface area contributed by atoms with Gasteiger partial charge < -0.3 is 15.3 Å². The number of nitrogens with zero attached hydrogens (tertiary/aromatic N) is 4. The topological polar surface area (TPSA) is 82.8 Å². The highest BCUT2D eigenvalue weighted by atomic mass is 16.3. The number of likely N-dealkylation sites (tertiary alicyclic amines) is 1. The van der Waals surface area contributed by atoms with E-state index in [2.05, 4.69) is 26.3 Å². The number of hydrogen-bond acceptors (Lipinski definition) is 5. The molecule has 1 saturated heterocycles. The number of hydrogen-bond donors (Lipinski definition) is 2. The van der Waals surface area contributed by atoms with Gasteiger partial charge in [-0.3, -0.25) is 9.20 Å². The maximum Gasteiger partial charge on any atom is 0.274 e. The lowest BCUT2D eigenvalue weighted by atomic mass is 9.93. The number of rotatable bonds is 7. The number of aliphatic hydroxyl groups excluding tert-OH is 1. The van der Waals surface area contributed by atoms with Crippen molar-refractivity contribution < 1.29 is 9.90 Å². The predicted octanol–water partition coefficient (Wildman–Crippen LogP) is 1.82. The molecule has 1 amide bonds. The Kier molecular flexibility index (Phi) is 5.41. The summed E-state index contributed by atoms with van der Waals surface area (Å²) in [6.45, 7) is 5.39. The molecule has 2 aromatic rings. The summed E-state index contributed by atoms with van der Waals surface area (Å²) in [6, 6.07) is 1.80. The number of aliphatic hydroxyl groups is 1. The van der Waals surface area contributed by atoms with Gasteiger partial charge in [-0.05, 0) is 57.2 Å². The first-order chi connectivity index (χ1) is 13.2. The standard InChI is InChI=1S/C20H29N5O2/c1-2-16(12-26)23-20(27)18-19-21-8-5-17(25(19)13-22-18)15-6-9-24(10-7-15)11-14-3-4-14/h5,8,13-16,26H,2-4,6-7,9-12H2,1H3,(H,23,27). The van der Waals surface area contributed by atoms with Gasteiger partial charge in [0.05, 0.1) is 12.6 Å². The Morgan fingerprint density at radius 2 is 2.07 bits per heavy atom. The normalized spacial score (nSPS) is 20.1. The Labute approximate surface area is 159 Å². The fourth-order valence-corrected chi connectivity index (χ4v) is 4.02. The van der Waals surface area contributed by atoms with Gasteiger partial charge in [0.2, 0.25) is 0 Å². The Bertz CT molecular complexity index is 789. The maximum atomic E-state index is 12.5. The van der Waals surface area contributed by atoms with E-state index in [-0.39, 0.29) is 18.6 Å². The van der Waals surface area contributed by atoms with Crippen molar-refractivity contribution in [2.45, 2.75) is 51.0 Å². The van der Waals surface area contributed by atoms with Gasteiger partial charge in [-0.15, -0.1) is 0 Å². The molecule has 7 heteroatoms. The fraction of sp³-hybridized carbons (Fsp3) is 0.650. The SMILES string of the molecule is CCC(CO)NC(=O)c1ncn2c(C3CCN(CC4CC4)CC3)ccnc12. The highest BCUT2D eigenvalue weighted by molar-refractivity contribution is 5.98. The van der Waals surface area contributed by atoms with Crippen molar-refractivity contribution in [1.29, 1.82) is 0 Å². The van der Waals surface area contributed by atoms with Crippen LogP contribution in [0.25, 0.3) is 5.65 Å². The van der Waals surface area contributed by atoms with Gasteiger partial charge in [0.1, 0.15) is 6.33 Å². The molecule has 1 unspecified atom stereocenters. The van der Waals surface area contributed by atoms with Crippen LogP contribution in [0, 0.1) is 5.92 Å². The number of piperidine rings is 1. The van der Waals surface area contributed by atoms with Crippen molar-refractivity contribution in [3.05, 3.63) is 30.0 Å². The molecule has 0 bridgehead atoms. The number of aromatic nitrogens is 3. The molecule has 1 aliphatic carbocycles. The molecule has 2 fully saturated rings. The van der Waals surface area contributed by atoms with Crippen LogP contribution in [0.5, 0.6) is 0 Å². The summed E-state index contributed by atoms with van der Waals surface area (Å²) in [5.41, 5.74) is 2.11. The van der Waals surface area contributed by atoms with E-state index in [4.69, 9.17) is 0 Å². The molecule has 1 atom stereocenters. The summed E-state index contributed by atoms with van der Waals surface area (Å²) < 4.78 is 1.97. The second-order valence-corrected chi connectivity index (χ2v) is 7.94. The minimum Gasteiger partial charge on any atom is -0.394 e.